The van der Waals surface area contributed by atoms with Crippen LogP contribution in [-0.4, -0.2) is 17.6 Å². The summed E-state index contributed by atoms with van der Waals surface area (Å²) in [6.45, 7) is 5.58. The first-order chi connectivity index (χ1) is 9.86. The average Bonchev–Trinajstić information content (AvgIpc) is 2.92. The quantitative estimate of drug-likeness (QED) is 0.739. The summed E-state index contributed by atoms with van der Waals surface area (Å²) in [5.74, 6) is -0.676. The van der Waals surface area contributed by atoms with Gasteiger partial charge in [0.25, 0.3) is 0 Å². The van der Waals surface area contributed by atoms with E-state index in [2.05, 4.69) is 20.9 Å². The molecule has 112 valence electrons. The fraction of sp³-hybridized carbons (Fsp3) is 0.333. The molecule has 1 aromatic heterocycles. The minimum Gasteiger partial charge on any atom is -0.465 e. The zero-order chi connectivity index (χ0) is 15.6. The number of rotatable bonds is 4. The number of halogens is 2. The smallest absolute Gasteiger partial charge is 0.317 e. The lowest BCUT2D eigenvalue weighted by atomic mass is 9.90. The van der Waals surface area contributed by atoms with Gasteiger partial charge in [-0.3, -0.25) is 4.79 Å². The Bertz CT molecular complexity index is 669. The Morgan fingerprint density at radius 2 is 2.19 bits per heavy atom. The first-order valence-corrected chi connectivity index (χ1v) is 8.12. The van der Waals surface area contributed by atoms with Crippen molar-refractivity contribution in [3.8, 4) is 10.6 Å². The van der Waals surface area contributed by atoms with E-state index >= 15 is 0 Å². The van der Waals surface area contributed by atoms with Crippen molar-refractivity contribution in [2.45, 2.75) is 26.2 Å². The largest absolute Gasteiger partial charge is 0.465 e. The SMILES string of the molecule is CCOC(=O)C(C)(C)c1csc(-c2cc(Br)ccc2F)n1. The Balaban J connectivity index is 2.38. The number of aromatic nitrogens is 1. The number of hydrogen-bond donors (Lipinski definition) is 0. The van der Waals surface area contributed by atoms with Crippen LogP contribution in [0, 0.1) is 5.82 Å². The lowest BCUT2D eigenvalue weighted by Gasteiger charge is -2.19. The highest BCUT2D eigenvalue weighted by Gasteiger charge is 2.34. The number of esters is 1. The second kappa shape index (κ2) is 6.23. The van der Waals surface area contributed by atoms with Crippen molar-refractivity contribution in [2.24, 2.45) is 0 Å². The summed E-state index contributed by atoms with van der Waals surface area (Å²) in [5.41, 5.74) is 0.147. The van der Waals surface area contributed by atoms with E-state index in [9.17, 15) is 9.18 Å². The summed E-state index contributed by atoms with van der Waals surface area (Å²) in [4.78, 5) is 16.4. The van der Waals surface area contributed by atoms with Crippen LogP contribution < -0.4 is 0 Å². The molecule has 0 spiro atoms. The number of benzene rings is 1. The first-order valence-electron chi connectivity index (χ1n) is 6.45. The second-order valence-corrected chi connectivity index (χ2v) is 6.78. The summed E-state index contributed by atoms with van der Waals surface area (Å²) >= 11 is 4.63. The lowest BCUT2D eigenvalue weighted by molar-refractivity contribution is -0.148. The van der Waals surface area contributed by atoms with E-state index < -0.39 is 5.41 Å². The molecular weight excluding hydrogens is 357 g/mol. The highest BCUT2D eigenvalue weighted by molar-refractivity contribution is 9.10. The highest BCUT2D eigenvalue weighted by atomic mass is 79.9. The Labute approximate surface area is 135 Å². The molecule has 0 amide bonds. The minimum atomic E-state index is -0.854. The molecule has 21 heavy (non-hydrogen) atoms. The van der Waals surface area contributed by atoms with Gasteiger partial charge in [-0.25, -0.2) is 9.37 Å². The number of carbonyl (C=O) groups is 1. The molecule has 0 unspecified atom stereocenters. The number of nitrogens with zero attached hydrogens (tertiary/aromatic N) is 1. The van der Waals surface area contributed by atoms with Crippen LogP contribution in [0.15, 0.2) is 28.1 Å². The number of ether oxygens (including phenoxy) is 1. The van der Waals surface area contributed by atoms with Crippen LogP contribution >= 0.6 is 27.3 Å². The molecule has 0 N–H and O–H groups in total. The molecular formula is C15H15BrFNO2S. The summed E-state index contributed by atoms with van der Waals surface area (Å²) in [6.07, 6.45) is 0. The molecule has 1 heterocycles. The third kappa shape index (κ3) is 3.32. The Morgan fingerprint density at radius 3 is 2.86 bits per heavy atom. The van der Waals surface area contributed by atoms with E-state index in [-0.39, 0.29) is 11.8 Å². The zero-order valence-electron chi connectivity index (χ0n) is 11.9. The maximum absolute atomic E-state index is 13.9. The van der Waals surface area contributed by atoms with E-state index in [1.54, 1.807) is 38.3 Å². The van der Waals surface area contributed by atoms with Gasteiger partial charge >= 0.3 is 5.97 Å². The average molecular weight is 372 g/mol. The van der Waals surface area contributed by atoms with Crippen molar-refractivity contribution in [3.63, 3.8) is 0 Å². The van der Waals surface area contributed by atoms with Gasteiger partial charge < -0.3 is 4.74 Å². The van der Waals surface area contributed by atoms with Crippen LogP contribution in [-0.2, 0) is 14.9 Å². The Hall–Kier alpha value is -1.27. The maximum Gasteiger partial charge on any atom is 0.317 e. The maximum atomic E-state index is 13.9. The Morgan fingerprint density at radius 1 is 1.48 bits per heavy atom. The first kappa shape index (κ1) is 16.1. The zero-order valence-corrected chi connectivity index (χ0v) is 14.3. The van der Waals surface area contributed by atoms with E-state index in [1.165, 1.54) is 17.4 Å². The van der Waals surface area contributed by atoms with Crippen LogP contribution in [0.5, 0.6) is 0 Å². The van der Waals surface area contributed by atoms with Gasteiger partial charge in [-0.05, 0) is 39.0 Å². The molecule has 0 aliphatic rings. The van der Waals surface area contributed by atoms with Crippen molar-refractivity contribution < 1.29 is 13.9 Å². The van der Waals surface area contributed by atoms with Gasteiger partial charge in [-0.1, -0.05) is 15.9 Å². The molecule has 0 saturated heterocycles. The molecule has 6 heteroatoms. The van der Waals surface area contributed by atoms with Gasteiger partial charge in [0.1, 0.15) is 16.2 Å². The van der Waals surface area contributed by atoms with E-state index in [4.69, 9.17) is 4.74 Å². The summed E-state index contributed by atoms with van der Waals surface area (Å²) in [5, 5.41) is 2.31. The molecule has 0 aliphatic carbocycles. The van der Waals surface area contributed by atoms with Crippen LogP contribution in [0.2, 0.25) is 0 Å². The molecule has 2 rings (SSSR count). The van der Waals surface area contributed by atoms with E-state index in [0.717, 1.165) is 4.47 Å². The number of thiazole rings is 1. The standard InChI is InChI=1S/C15H15BrFNO2S/c1-4-20-14(19)15(2,3)12-8-21-13(18-12)10-7-9(16)5-6-11(10)17/h5-8H,4H2,1-3H3. The van der Waals surface area contributed by atoms with Crippen LogP contribution in [0.1, 0.15) is 26.5 Å². The fourth-order valence-corrected chi connectivity index (χ4v) is 3.13. The van der Waals surface area contributed by atoms with Crippen LogP contribution in [0.25, 0.3) is 10.6 Å². The van der Waals surface area contributed by atoms with E-state index in [0.29, 0.717) is 22.9 Å². The highest BCUT2D eigenvalue weighted by Crippen LogP contribution is 2.33. The summed E-state index contributed by atoms with van der Waals surface area (Å²) < 4.78 is 19.7. The van der Waals surface area contributed by atoms with Crippen molar-refractivity contribution in [1.82, 2.24) is 4.98 Å². The van der Waals surface area contributed by atoms with Gasteiger partial charge in [0, 0.05) is 15.4 Å². The summed E-state index contributed by atoms with van der Waals surface area (Å²) in [7, 11) is 0. The molecule has 0 aliphatic heterocycles. The number of carbonyl (C=O) groups excluding carboxylic acids is 1. The van der Waals surface area contributed by atoms with E-state index in [1.807, 2.05) is 0 Å². The minimum absolute atomic E-state index is 0.319. The van der Waals surface area contributed by atoms with Crippen molar-refractivity contribution in [2.75, 3.05) is 6.61 Å². The normalized spacial score (nSPS) is 11.5. The molecule has 2 aromatic rings. The molecule has 0 radical (unpaired) electrons. The molecule has 1 aromatic carbocycles. The van der Waals surface area contributed by atoms with Crippen molar-refractivity contribution >= 4 is 33.2 Å². The number of hydrogen-bond acceptors (Lipinski definition) is 4. The summed E-state index contributed by atoms with van der Waals surface area (Å²) in [6, 6.07) is 4.70. The third-order valence-electron chi connectivity index (χ3n) is 3.09. The molecule has 0 atom stereocenters. The van der Waals surface area contributed by atoms with Gasteiger partial charge in [0.05, 0.1) is 12.3 Å². The topological polar surface area (TPSA) is 39.2 Å². The van der Waals surface area contributed by atoms with Crippen molar-refractivity contribution in [3.05, 3.63) is 39.6 Å². The van der Waals surface area contributed by atoms with Gasteiger partial charge in [-0.2, -0.15) is 0 Å². The predicted molar refractivity (Wildman–Crippen MR) is 84.9 cm³/mol. The van der Waals surface area contributed by atoms with Gasteiger partial charge in [-0.15, -0.1) is 11.3 Å². The molecule has 0 bridgehead atoms. The second-order valence-electron chi connectivity index (χ2n) is 5.01. The monoisotopic (exact) mass is 371 g/mol. The third-order valence-corrected chi connectivity index (χ3v) is 4.46. The molecule has 0 saturated carbocycles. The van der Waals surface area contributed by atoms with Crippen molar-refractivity contribution in [1.29, 1.82) is 0 Å². The Kier molecular flexibility index (Phi) is 4.78. The van der Waals surface area contributed by atoms with Gasteiger partial charge in [0.15, 0.2) is 0 Å². The molecule has 0 fully saturated rings. The fourth-order valence-electron chi connectivity index (χ4n) is 1.76. The van der Waals surface area contributed by atoms with Gasteiger partial charge in [0.2, 0.25) is 0 Å². The molecule has 3 nitrogen and oxygen atoms in total. The lowest BCUT2D eigenvalue weighted by Crippen LogP contribution is -2.31. The predicted octanol–water partition coefficient (Wildman–Crippen LogP) is 4.55. The van der Waals surface area contributed by atoms with Crippen LogP contribution in [0.4, 0.5) is 4.39 Å². The van der Waals surface area contributed by atoms with Crippen LogP contribution in [0.3, 0.4) is 0 Å².